The van der Waals surface area contributed by atoms with Crippen LogP contribution in [0.1, 0.15) is 23.1 Å². The van der Waals surface area contributed by atoms with E-state index in [9.17, 15) is 13.2 Å². The van der Waals surface area contributed by atoms with Crippen molar-refractivity contribution in [2.24, 2.45) is 5.14 Å². The van der Waals surface area contributed by atoms with E-state index in [0.717, 1.165) is 11.3 Å². The summed E-state index contributed by atoms with van der Waals surface area (Å²) in [6.45, 7) is 2.89. The maximum absolute atomic E-state index is 11.8. The SMILES string of the molecule is CCc1ccc(CNC(=O)CCn2cc(S(N)(=O)=O)cn2)s1. The summed E-state index contributed by atoms with van der Waals surface area (Å²) in [5.41, 5.74) is 0. The van der Waals surface area contributed by atoms with Gasteiger partial charge in [0.1, 0.15) is 4.90 Å². The van der Waals surface area contributed by atoms with E-state index in [1.807, 2.05) is 6.07 Å². The molecular formula is C13H18N4O3S2. The maximum atomic E-state index is 11.8. The summed E-state index contributed by atoms with van der Waals surface area (Å²) in [5, 5.41) is 11.7. The first-order valence-corrected chi connectivity index (χ1v) is 9.14. The van der Waals surface area contributed by atoms with E-state index in [2.05, 4.69) is 23.4 Å². The van der Waals surface area contributed by atoms with Gasteiger partial charge in [-0.05, 0) is 18.6 Å². The predicted octanol–water partition coefficient (Wildman–Crippen LogP) is 0.861. The second kappa shape index (κ2) is 7.03. The largest absolute Gasteiger partial charge is 0.351 e. The van der Waals surface area contributed by atoms with E-state index in [4.69, 9.17) is 5.14 Å². The molecular weight excluding hydrogens is 324 g/mol. The molecule has 2 aromatic heterocycles. The molecule has 22 heavy (non-hydrogen) atoms. The van der Waals surface area contributed by atoms with Crippen molar-refractivity contribution in [2.75, 3.05) is 0 Å². The van der Waals surface area contributed by atoms with Crippen molar-refractivity contribution in [3.8, 4) is 0 Å². The number of aromatic nitrogens is 2. The quantitative estimate of drug-likeness (QED) is 0.778. The van der Waals surface area contributed by atoms with Crippen LogP contribution in [0, 0.1) is 0 Å². The minimum absolute atomic E-state index is 0.0569. The number of nitrogens with one attached hydrogen (secondary N) is 1. The van der Waals surface area contributed by atoms with Gasteiger partial charge in [-0.15, -0.1) is 11.3 Å². The fraction of sp³-hybridized carbons (Fsp3) is 0.385. The van der Waals surface area contributed by atoms with Crippen LogP contribution in [0.15, 0.2) is 29.4 Å². The summed E-state index contributed by atoms with van der Waals surface area (Å²) in [4.78, 5) is 14.1. The molecule has 0 fully saturated rings. The molecule has 0 aliphatic carbocycles. The molecule has 0 aliphatic rings. The zero-order valence-electron chi connectivity index (χ0n) is 12.2. The Hall–Kier alpha value is -1.71. The van der Waals surface area contributed by atoms with Crippen LogP contribution in [0.5, 0.6) is 0 Å². The third kappa shape index (κ3) is 4.65. The fourth-order valence-corrected chi connectivity index (χ4v) is 3.17. The first kappa shape index (κ1) is 16.7. The van der Waals surface area contributed by atoms with Crippen LogP contribution < -0.4 is 10.5 Å². The molecule has 0 bridgehead atoms. The zero-order valence-corrected chi connectivity index (χ0v) is 13.8. The maximum Gasteiger partial charge on any atom is 0.241 e. The number of carbonyl (C=O) groups is 1. The molecule has 7 nitrogen and oxygen atoms in total. The molecule has 0 spiro atoms. The summed E-state index contributed by atoms with van der Waals surface area (Å²) in [7, 11) is -3.75. The summed E-state index contributed by atoms with van der Waals surface area (Å²) < 4.78 is 23.6. The molecule has 0 aromatic carbocycles. The smallest absolute Gasteiger partial charge is 0.241 e. The Kier molecular flexibility index (Phi) is 5.33. The van der Waals surface area contributed by atoms with E-state index in [1.165, 1.54) is 22.0 Å². The van der Waals surface area contributed by atoms with Crippen molar-refractivity contribution in [3.63, 3.8) is 0 Å². The number of thiophene rings is 1. The van der Waals surface area contributed by atoms with Gasteiger partial charge in [0.15, 0.2) is 0 Å². The lowest BCUT2D eigenvalue weighted by molar-refractivity contribution is -0.121. The third-order valence-corrected chi connectivity index (χ3v) is 5.13. The standard InChI is InChI=1S/C13H18N4O3S2/c1-2-10-3-4-11(21-10)7-15-13(18)5-6-17-9-12(8-16-17)22(14,19)20/h3-4,8-9H,2,5-7H2,1H3,(H,15,18)(H2,14,19,20). The molecule has 2 heterocycles. The molecule has 0 aliphatic heterocycles. The molecule has 9 heteroatoms. The normalized spacial score (nSPS) is 11.5. The molecule has 0 unspecified atom stereocenters. The second-order valence-corrected chi connectivity index (χ2v) is 7.55. The Morgan fingerprint density at radius 3 is 2.73 bits per heavy atom. The molecule has 0 saturated heterocycles. The lowest BCUT2D eigenvalue weighted by Gasteiger charge is -2.04. The highest BCUT2D eigenvalue weighted by atomic mass is 32.2. The number of carbonyl (C=O) groups excluding carboxylic acids is 1. The van der Waals surface area contributed by atoms with Gasteiger partial charge in [0.2, 0.25) is 15.9 Å². The second-order valence-electron chi connectivity index (χ2n) is 4.73. The van der Waals surface area contributed by atoms with E-state index in [0.29, 0.717) is 13.1 Å². The number of sulfonamides is 1. The summed E-state index contributed by atoms with van der Waals surface area (Å²) in [6, 6.07) is 4.07. The van der Waals surface area contributed by atoms with Crippen molar-refractivity contribution >= 4 is 27.3 Å². The molecule has 1 amide bonds. The first-order valence-electron chi connectivity index (χ1n) is 6.78. The Balaban J connectivity index is 1.79. The van der Waals surface area contributed by atoms with Crippen LogP contribution in [0.2, 0.25) is 0 Å². The summed E-state index contributed by atoms with van der Waals surface area (Å²) in [5.74, 6) is -0.112. The van der Waals surface area contributed by atoms with E-state index >= 15 is 0 Å². The first-order chi connectivity index (χ1) is 10.4. The number of nitrogens with zero attached hydrogens (tertiary/aromatic N) is 2. The van der Waals surface area contributed by atoms with Crippen LogP contribution >= 0.6 is 11.3 Å². The van der Waals surface area contributed by atoms with Gasteiger partial charge in [0.25, 0.3) is 0 Å². The van der Waals surface area contributed by atoms with Gasteiger partial charge in [-0.1, -0.05) is 6.92 Å². The number of amides is 1. The predicted molar refractivity (Wildman–Crippen MR) is 83.8 cm³/mol. The number of rotatable bonds is 7. The zero-order chi connectivity index (χ0) is 16.2. The average molecular weight is 342 g/mol. The Labute approximate surface area is 133 Å². The fourth-order valence-electron chi connectivity index (χ4n) is 1.81. The molecule has 0 saturated carbocycles. The van der Waals surface area contributed by atoms with Gasteiger partial charge in [0.05, 0.1) is 12.7 Å². The van der Waals surface area contributed by atoms with Gasteiger partial charge in [0, 0.05) is 28.9 Å². The van der Waals surface area contributed by atoms with Crippen molar-refractivity contribution < 1.29 is 13.2 Å². The monoisotopic (exact) mass is 342 g/mol. The highest BCUT2D eigenvalue weighted by Crippen LogP contribution is 2.16. The van der Waals surface area contributed by atoms with Crippen LogP contribution in [-0.4, -0.2) is 24.1 Å². The number of hydrogen-bond donors (Lipinski definition) is 2. The third-order valence-electron chi connectivity index (χ3n) is 3.03. The summed E-state index contributed by atoms with van der Waals surface area (Å²) >= 11 is 1.68. The van der Waals surface area contributed by atoms with Crippen molar-refractivity contribution in [1.29, 1.82) is 0 Å². The number of primary sulfonamides is 1. The molecule has 2 aromatic rings. The summed E-state index contributed by atoms with van der Waals surface area (Å²) in [6.07, 6.45) is 3.70. The molecule has 0 atom stereocenters. The van der Waals surface area contributed by atoms with Gasteiger partial charge in [-0.25, -0.2) is 13.6 Å². The minimum atomic E-state index is -3.75. The van der Waals surface area contributed by atoms with Crippen molar-refractivity contribution in [1.82, 2.24) is 15.1 Å². The van der Waals surface area contributed by atoms with Crippen LogP contribution in [0.25, 0.3) is 0 Å². The Morgan fingerprint density at radius 2 is 2.14 bits per heavy atom. The number of aryl methyl sites for hydroxylation is 2. The van der Waals surface area contributed by atoms with Gasteiger partial charge >= 0.3 is 0 Å². The Bertz CT molecular complexity index is 749. The van der Waals surface area contributed by atoms with Crippen LogP contribution in [-0.2, 0) is 34.3 Å². The number of nitrogens with two attached hydrogens (primary N) is 1. The van der Waals surface area contributed by atoms with Gasteiger partial charge < -0.3 is 5.32 Å². The van der Waals surface area contributed by atoms with E-state index in [-0.39, 0.29) is 17.2 Å². The highest BCUT2D eigenvalue weighted by molar-refractivity contribution is 7.89. The number of hydrogen-bond acceptors (Lipinski definition) is 5. The van der Waals surface area contributed by atoms with Gasteiger partial charge in [-0.2, -0.15) is 5.10 Å². The molecule has 3 N–H and O–H groups in total. The van der Waals surface area contributed by atoms with E-state index < -0.39 is 10.0 Å². The van der Waals surface area contributed by atoms with Crippen molar-refractivity contribution in [2.45, 2.75) is 37.8 Å². The lowest BCUT2D eigenvalue weighted by Crippen LogP contribution is -2.23. The minimum Gasteiger partial charge on any atom is -0.351 e. The Morgan fingerprint density at radius 1 is 1.41 bits per heavy atom. The average Bonchev–Trinajstić information content (AvgIpc) is 3.11. The molecule has 0 radical (unpaired) electrons. The van der Waals surface area contributed by atoms with Crippen molar-refractivity contribution in [3.05, 3.63) is 34.3 Å². The van der Waals surface area contributed by atoms with Gasteiger partial charge in [-0.3, -0.25) is 9.48 Å². The van der Waals surface area contributed by atoms with E-state index in [1.54, 1.807) is 11.3 Å². The topological polar surface area (TPSA) is 107 Å². The molecule has 120 valence electrons. The lowest BCUT2D eigenvalue weighted by atomic mass is 10.3. The van der Waals surface area contributed by atoms with Crippen LogP contribution in [0.3, 0.4) is 0 Å². The van der Waals surface area contributed by atoms with Crippen LogP contribution in [0.4, 0.5) is 0 Å². The molecule has 2 rings (SSSR count). The highest BCUT2D eigenvalue weighted by Gasteiger charge is 2.11.